The van der Waals surface area contributed by atoms with E-state index in [9.17, 15) is 4.79 Å². The van der Waals surface area contributed by atoms with Gasteiger partial charge in [0.25, 0.3) is 0 Å². The van der Waals surface area contributed by atoms with E-state index in [0.717, 1.165) is 27.8 Å². The van der Waals surface area contributed by atoms with Crippen LogP contribution >= 0.6 is 11.8 Å². The number of thioether (sulfide) groups is 1. The van der Waals surface area contributed by atoms with Crippen molar-refractivity contribution in [3.8, 4) is 5.69 Å². The van der Waals surface area contributed by atoms with Crippen LogP contribution in [0.25, 0.3) is 5.69 Å². The number of carbonyl (C=O) groups excluding carboxylic acids is 1. The summed E-state index contributed by atoms with van der Waals surface area (Å²) in [5.74, 6) is 1.10. The zero-order valence-corrected chi connectivity index (χ0v) is 17.9. The minimum absolute atomic E-state index is 0.0156. The SMILES string of the molecule is Cc1ccc(CNC(=O)CSc2nnc(C)n2-c2cc(C)ccc2C)c(C)c1. The van der Waals surface area contributed by atoms with Crippen LogP contribution in [-0.4, -0.2) is 26.4 Å². The summed E-state index contributed by atoms with van der Waals surface area (Å²) >= 11 is 1.40. The summed E-state index contributed by atoms with van der Waals surface area (Å²) in [6.45, 7) is 10.7. The summed E-state index contributed by atoms with van der Waals surface area (Å²) in [7, 11) is 0. The maximum atomic E-state index is 12.4. The van der Waals surface area contributed by atoms with Gasteiger partial charge in [0.15, 0.2) is 5.16 Å². The molecule has 0 spiro atoms. The number of aromatic nitrogens is 3. The molecule has 1 heterocycles. The predicted octanol–water partition coefficient (Wildman–Crippen LogP) is 4.22. The molecule has 0 aliphatic heterocycles. The van der Waals surface area contributed by atoms with Crippen molar-refractivity contribution in [3.05, 3.63) is 70.0 Å². The van der Waals surface area contributed by atoms with Crippen molar-refractivity contribution in [2.45, 2.75) is 46.3 Å². The Morgan fingerprint density at radius 2 is 1.68 bits per heavy atom. The quantitative estimate of drug-likeness (QED) is 0.636. The monoisotopic (exact) mass is 394 g/mol. The summed E-state index contributed by atoms with van der Waals surface area (Å²) in [5.41, 5.74) is 6.94. The molecule has 3 aromatic rings. The second-order valence-corrected chi connectivity index (χ2v) is 8.09. The third kappa shape index (κ3) is 4.62. The zero-order valence-electron chi connectivity index (χ0n) is 17.0. The number of rotatable bonds is 6. The van der Waals surface area contributed by atoms with Crippen LogP contribution in [0.3, 0.4) is 0 Å². The normalized spacial score (nSPS) is 10.9. The smallest absolute Gasteiger partial charge is 0.230 e. The molecule has 0 aliphatic carbocycles. The van der Waals surface area contributed by atoms with E-state index in [4.69, 9.17) is 0 Å². The standard InChI is InChI=1S/C22H26N4OS/c1-14-7-9-19(17(4)10-14)12-23-21(27)13-28-22-25-24-18(5)26(22)20-11-15(2)6-8-16(20)3/h6-11H,12-13H2,1-5H3,(H,23,27). The summed E-state index contributed by atoms with van der Waals surface area (Å²) in [6.07, 6.45) is 0. The van der Waals surface area contributed by atoms with Gasteiger partial charge in [0, 0.05) is 6.54 Å². The molecule has 1 N–H and O–H groups in total. The molecular weight excluding hydrogens is 368 g/mol. The lowest BCUT2D eigenvalue weighted by Gasteiger charge is -2.12. The highest BCUT2D eigenvalue weighted by Crippen LogP contribution is 2.24. The first-order valence-corrected chi connectivity index (χ1v) is 10.3. The Kier molecular flexibility index (Phi) is 6.19. The second kappa shape index (κ2) is 8.61. The number of amides is 1. The number of nitrogens with one attached hydrogen (secondary N) is 1. The minimum Gasteiger partial charge on any atom is -0.351 e. The lowest BCUT2D eigenvalue weighted by Crippen LogP contribution is -2.25. The van der Waals surface area contributed by atoms with Crippen LogP contribution in [0.4, 0.5) is 0 Å². The molecule has 2 aromatic carbocycles. The van der Waals surface area contributed by atoms with Crippen LogP contribution in [0.2, 0.25) is 0 Å². The molecule has 0 unspecified atom stereocenters. The van der Waals surface area contributed by atoms with Crippen molar-refractivity contribution in [1.82, 2.24) is 20.1 Å². The highest BCUT2D eigenvalue weighted by molar-refractivity contribution is 7.99. The average molecular weight is 395 g/mol. The molecule has 0 atom stereocenters. The third-order valence-electron chi connectivity index (χ3n) is 4.71. The fraction of sp³-hybridized carbons (Fsp3) is 0.318. The van der Waals surface area contributed by atoms with Crippen molar-refractivity contribution in [3.63, 3.8) is 0 Å². The van der Waals surface area contributed by atoms with Crippen LogP contribution in [0.15, 0.2) is 41.6 Å². The van der Waals surface area contributed by atoms with E-state index < -0.39 is 0 Å². The van der Waals surface area contributed by atoms with Gasteiger partial charge in [-0.1, -0.05) is 47.7 Å². The Bertz CT molecular complexity index is 1010. The van der Waals surface area contributed by atoms with Crippen LogP contribution in [-0.2, 0) is 11.3 Å². The molecule has 6 heteroatoms. The molecular formula is C22H26N4OS. The van der Waals surface area contributed by atoms with Gasteiger partial charge in [-0.2, -0.15) is 0 Å². The fourth-order valence-electron chi connectivity index (χ4n) is 3.09. The average Bonchev–Trinajstić information content (AvgIpc) is 3.01. The Labute approximate surface area is 170 Å². The molecule has 1 amide bonds. The van der Waals surface area contributed by atoms with E-state index in [1.807, 2.05) is 11.5 Å². The van der Waals surface area contributed by atoms with Crippen molar-refractivity contribution in [2.75, 3.05) is 5.75 Å². The van der Waals surface area contributed by atoms with Crippen LogP contribution in [0.5, 0.6) is 0 Å². The maximum absolute atomic E-state index is 12.4. The lowest BCUT2D eigenvalue weighted by molar-refractivity contribution is -0.118. The van der Waals surface area contributed by atoms with Crippen LogP contribution in [0.1, 0.15) is 33.6 Å². The fourth-order valence-corrected chi connectivity index (χ4v) is 3.91. The first-order chi connectivity index (χ1) is 13.3. The number of nitrogens with zero attached hydrogens (tertiary/aromatic N) is 3. The van der Waals surface area contributed by atoms with Gasteiger partial charge in [0.1, 0.15) is 5.82 Å². The number of hydrogen-bond donors (Lipinski definition) is 1. The predicted molar refractivity (Wildman–Crippen MR) is 114 cm³/mol. The molecule has 1 aromatic heterocycles. The highest BCUT2D eigenvalue weighted by atomic mass is 32.2. The Morgan fingerprint density at radius 1 is 0.964 bits per heavy atom. The van der Waals surface area contributed by atoms with Crippen molar-refractivity contribution >= 4 is 17.7 Å². The van der Waals surface area contributed by atoms with Gasteiger partial charge in [-0.25, -0.2) is 0 Å². The van der Waals surface area contributed by atoms with E-state index >= 15 is 0 Å². The number of hydrogen-bond acceptors (Lipinski definition) is 4. The Morgan fingerprint density at radius 3 is 2.43 bits per heavy atom. The first kappa shape index (κ1) is 20.1. The molecule has 146 valence electrons. The van der Waals surface area contributed by atoms with Gasteiger partial charge >= 0.3 is 0 Å². The molecule has 0 aliphatic rings. The van der Waals surface area contributed by atoms with E-state index in [0.29, 0.717) is 12.3 Å². The number of aryl methyl sites for hydroxylation is 5. The van der Waals surface area contributed by atoms with Crippen LogP contribution in [0, 0.1) is 34.6 Å². The molecule has 0 radical (unpaired) electrons. The summed E-state index contributed by atoms with van der Waals surface area (Å²) in [5, 5.41) is 12.2. The molecule has 3 rings (SSSR count). The van der Waals surface area contributed by atoms with E-state index in [-0.39, 0.29) is 5.91 Å². The van der Waals surface area contributed by atoms with E-state index in [2.05, 4.69) is 79.6 Å². The second-order valence-electron chi connectivity index (χ2n) is 7.15. The molecule has 0 saturated carbocycles. The van der Waals surface area contributed by atoms with E-state index in [1.54, 1.807) is 0 Å². The van der Waals surface area contributed by atoms with Crippen molar-refractivity contribution < 1.29 is 4.79 Å². The highest BCUT2D eigenvalue weighted by Gasteiger charge is 2.15. The third-order valence-corrected chi connectivity index (χ3v) is 5.64. The largest absolute Gasteiger partial charge is 0.351 e. The lowest BCUT2D eigenvalue weighted by atomic mass is 10.1. The van der Waals surface area contributed by atoms with Gasteiger partial charge in [0.2, 0.25) is 5.91 Å². The van der Waals surface area contributed by atoms with Gasteiger partial charge in [-0.05, 0) is 62.9 Å². The van der Waals surface area contributed by atoms with Crippen molar-refractivity contribution in [2.24, 2.45) is 0 Å². The Hall–Kier alpha value is -2.60. The van der Waals surface area contributed by atoms with E-state index in [1.165, 1.54) is 28.5 Å². The van der Waals surface area contributed by atoms with Gasteiger partial charge in [-0.15, -0.1) is 10.2 Å². The Balaban J connectivity index is 1.66. The number of carbonyl (C=O) groups is 1. The number of benzene rings is 2. The minimum atomic E-state index is -0.0156. The molecule has 0 fully saturated rings. The molecule has 0 saturated heterocycles. The van der Waals surface area contributed by atoms with Gasteiger partial charge < -0.3 is 5.32 Å². The van der Waals surface area contributed by atoms with Crippen LogP contribution < -0.4 is 5.32 Å². The summed E-state index contributed by atoms with van der Waals surface area (Å²) < 4.78 is 2.02. The summed E-state index contributed by atoms with van der Waals surface area (Å²) in [4.78, 5) is 12.4. The molecule has 28 heavy (non-hydrogen) atoms. The molecule has 5 nitrogen and oxygen atoms in total. The summed E-state index contributed by atoms with van der Waals surface area (Å²) in [6, 6.07) is 12.6. The van der Waals surface area contributed by atoms with Gasteiger partial charge in [-0.3, -0.25) is 9.36 Å². The molecule has 0 bridgehead atoms. The van der Waals surface area contributed by atoms with Gasteiger partial charge in [0.05, 0.1) is 11.4 Å². The zero-order chi connectivity index (χ0) is 20.3. The van der Waals surface area contributed by atoms with Crippen molar-refractivity contribution in [1.29, 1.82) is 0 Å². The maximum Gasteiger partial charge on any atom is 0.230 e. The first-order valence-electron chi connectivity index (χ1n) is 9.30. The topological polar surface area (TPSA) is 59.8 Å².